The van der Waals surface area contributed by atoms with Crippen molar-refractivity contribution in [3.05, 3.63) is 47.5 Å². The second-order valence-corrected chi connectivity index (χ2v) is 3.97. The third kappa shape index (κ3) is 1.69. The fourth-order valence-corrected chi connectivity index (χ4v) is 1.79. The van der Waals surface area contributed by atoms with Gasteiger partial charge in [0.15, 0.2) is 5.65 Å². The molecule has 2 heterocycles. The highest BCUT2D eigenvalue weighted by atomic mass is 35.5. The van der Waals surface area contributed by atoms with Gasteiger partial charge in [-0.25, -0.2) is 9.67 Å². The highest BCUT2D eigenvalue weighted by Gasteiger charge is 2.07. The van der Waals surface area contributed by atoms with Gasteiger partial charge < -0.3 is 0 Å². The van der Waals surface area contributed by atoms with Crippen LogP contribution in [0.2, 0.25) is 5.28 Å². The summed E-state index contributed by atoms with van der Waals surface area (Å²) in [7, 11) is 0. The zero-order valence-corrected chi connectivity index (χ0v) is 9.83. The van der Waals surface area contributed by atoms with Crippen molar-refractivity contribution in [2.45, 2.75) is 0 Å². The van der Waals surface area contributed by atoms with Gasteiger partial charge in [-0.15, -0.1) is 0 Å². The Bertz CT molecular complexity index is 754. The Hall–Kier alpha value is -2.45. The number of fused-ring (bicyclic) bond motifs is 1. The van der Waals surface area contributed by atoms with Crippen molar-refractivity contribution in [1.29, 1.82) is 5.26 Å². The molecule has 0 fully saturated rings. The minimum absolute atomic E-state index is 0.179. The summed E-state index contributed by atoms with van der Waals surface area (Å²) < 4.78 is 1.66. The molecular weight excluding hydrogens is 250 g/mol. The number of hydrogen-bond donors (Lipinski definition) is 0. The Morgan fingerprint density at radius 3 is 2.67 bits per heavy atom. The van der Waals surface area contributed by atoms with Crippen LogP contribution in [0.5, 0.6) is 0 Å². The summed E-state index contributed by atoms with van der Waals surface area (Å²) in [6, 6.07) is 9.14. The van der Waals surface area contributed by atoms with Crippen molar-refractivity contribution < 1.29 is 0 Å². The molecule has 3 aromatic rings. The predicted octanol–water partition coefficient (Wildman–Crippen LogP) is 2.34. The van der Waals surface area contributed by atoms with Crippen LogP contribution in [0.3, 0.4) is 0 Å². The van der Waals surface area contributed by atoms with Gasteiger partial charge in [0.1, 0.15) is 0 Å². The molecule has 6 heteroatoms. The highest BCUT2D eigenvalue weighted by molar-refractivity contribution is 6.28. The SMILES string of the molecule is N#Cc1ccc(-n2ncc3cnc(Cl)nc32)cc1. The lowest BCUT2D eigenvalue weighted by atomic mass is 10.2. The van der Waals surface area contributed by atoms with Crippen molar-refractivity contribution in [3.63, 3.8) is 0 Å². The van der Waals surface area contributed by atoms with Crippen LogP contribution in [0.1, 0.15) is 5.56 Å². The molecule has 0 aliphatic heterocycles. The lowest BCUT2D eigenvalue weighted by Crippen LogP contribution is -1.98. The average Bonchev–Trinajstić information content (AvgIpc) is 2.82. The van der Waals surface area contributed by atoms with E-state index in [9.17, 15) is 0 Å². The molecule has 0 aliphatic carbocycles. The molecule has 2 aromatic heterocycles. The molecule has 0 radical (unpaired) electrons. The third-order valence-corrected chi connectivity index (χ3v) is 2.70. The molecule has 0 unspecified atom stereocenters. The Morgan fingerprint density at radius 1 is 1.17 bits per heavy atom. The number of nitriles is 1. The first-order valence-corrected chi connectivity index (χ1v) is 5.52. The van der Waals surface area contributed by atoms with Gasteiger partial charge in [-0.2, -0.15) is 15.3 Å². The van der Waals surface area contributed by atoms with E-state index in [1.54, 1.807) is 41.3 Å². The summed E-state index contributed by atoms with van der Waals surface area (Å²) in [5, 5.41) is 14.0. The summed E-state index contributed by atoms with van der Waals surface area (Å²) in [6.07, 6.45) is 3.29. The average molecular weight is 256 g/mol. The molecule has 0 aliphatic rings. The molecule has 86 valence electrons. The number of nitrogens with zero attached hydrogens (tertiary/aromatic N) is 5. The Balaban J connectivity index is 2.19. The van der Waals surface area contributed by atoms with E-state index in [2.05, 4.69) is 21.1 Å². The first-order valence-electron chi connectivity index (χ1n) is 5.15. The second-order valence-electron chi connectivity index (χ2n) is 3.63. The number of aromatic nitrogens is 4. The summed E-state index contributed by atoms with van der Waals surface area (Å²) in [6.45, 7) is 0. The summed E-state index contributed by atoms with van der Waals surface area (Å²) in [4.78, 5) is 8.04. The van der Waals surface area contributed by atoms with E-state index in [1.165, 1.54) is 0 Å². The third-order valence-electron chi connectivity index (χ3n) is 2.52. The molecule has 0 spiro atoms. The van der Waals surface area contributed by atoms with E-state index in [0.29, 0.717) is 11.2 Å². The van der Waals surface area contributed by atoms with Crippen LogP contribution in [0.25, 0.3) is 16.7 Å². The van der Waals surface area contributed by atoms with E-state index in [4.69, 9.17) is 16.9 Å². The molecule has 0 bridgehead atoms. The smallest absolute Gasteiger partial charge is 0.224 e. The first kappa shape index (κ1) is 10.7. The van der Waals surface area contributed by atoms with Gasteiger partial charge >= 0.3 is 0 Å². The summed E-state index contributed by atoms with van der Waals surface area (Å²) in [5.41, 5.74) is 2.06. The van der Waals surface area contributed by atoms with Crippen molar-refractivity contribution in [2.75, 3.05) is 0 Å². The molecular formula is C12H6ClN5. The van der Waals surface area contributed by atoms with Crippen molar-refractivity contribution in [1.82, 2.24) is 19.7 Å². The van der Waals surface area contributed by atoms with Gasteiger partial charge in [0.25, 0.3) is 0 Å². The van der Waals surface area contributed by atoms with E-state index in [-0.39, 0.29) is 5.28 Å². The van der Waals surface area contributed by atoms with Crippen LogP contribution in [0.15, 0.2) is 36.7 Å². The van der Waals surface area contributed by atoms with Crippen molar-refractivity contribution in [2.24, 2.45) is 0 Å². The maximum atomic E-state index is 8.76. The molecule has 0 saturated carbocycles. The van der Waals surface area contributed by atoms with Gasteiger partial charge in [0.05, 0.1) is 28.9 Å². The first-order chi connectivity index (χ1) is 8.78. The van der Waals surface area contributed by atoms with E-state index >= 15 is 0 Å². The van der Waals surface area contributed by atoms with Gasteiger partial charge in [-0.3, -0.25) is 0 Å². The molecule has 1 aromatic carbocycles. The largest absolute Gasteiger partial charge is 0.226 e. The molecule has 3 rings (SSSR count). The highest BCUT2D eigenvalue weighted by Crippen LogP contribution is 2.17. The van der Waals surface area contributed by atoms with Crippen LogP contribution in [-0.2, 0) is 0 Å². The maximum Gasteiger partial charge on any atom is 0.224 e. The predicted molar refractivity (Wildman–Crippen MR) is 66.4 cm³/mol. The summed E-state index contributed by atoms with van der Waals surface area (Å²) in [5.74, 6) is 0. The molecule has 0 amide bonds. The Morgan fingerprint density at radius 2 is 1.94 bits per heavy atom. The topological polar surface area (TPSA) is 67.4 Å². The van der Waals surface area contributed by atoms with Crippen LogP contribution in [0.4, 0.5) is 0 Å². The van der Waals surface area contributed by atoms with Gasteiger partial charge in [0.2, 0.25) is 5.28 Å². The molecule has 5 nitrogen and oxygen atoms in total. The lowest BCUT2D eigenvalue weighted by Gasteiger charge is -2.02. The van der Waals surface area contributed by atoms with Crippen LogP contribution >= 0.6 is 11.6 Å². The monoisotopic (exact) mass is 255 g/mol. The fourth-order valence-electron chi connectivity index (χ4n) is 1.66. The summed E-state index contributed by atoms with van der Waals surface area (Å²) >= 11 is 5.78. The van der Waals surface area contributed by atoms with E-state index in [1.807, 2.05) is 0 Å². The molecule has 0 saturated heterocycles. The zero-order chi connectivity index (χ0) is 12.5. The molecule has 0 atom stereocenters. The molecule has 18 heavy (non-hydrogen) atoms. The number of rotatable bonds is 1. The Labute approximate surface area is 107 Å². The van der Waals surface area contributed by atoms with Crippen molar-refractivity contribution in [3.8, 4) is 11.8 Å². The normalized spacial score (nSPS) is 10.4. The zero-order valence-electron chi connectivity index (χ0n) is 9.08. The second kappa shape index (κ2) is 4.09. The number of hydrogen-bond acceptors (Lipinski definition) is 4. The number of halogens is 1. The van der Waals surface area contributed by atoms with Crippen molar-refractivity contribution >= 4 is 22.6 Å². The van der Waals surface area contributed by atoms with E-state index in [0.717, 1.165) is 11.1 Å². The maximum absolute atomic E-state index is 8.76. The van der Waals surface area contributed by atoms with Crippen LogP contribution in [-0.4, -0.2) is 19.7 Å². The minimum Gasteiger partial charge on any atom is -0.226 e. The standard InChI is InChI=1S/C12H6ClN5/c13-12-15-6-9-7-16-18(11(9)17-12)10-3-1-8(5-14)2-4-10/h1-4,6-7H. The minimum atomic E-state index is 0.179. The quantitative estimate of drug-likeness (QED) is 0.626. The van der Waals surface area contributed by atoms with Gasteiger partial charge in [0, 0.05) is 6.20 Å². The van der Waals surface area contributed by atoms with Gasteiger partial charge in [-0.05, 0) is 35.9 Å². The van der Waals surface area contributed by atoms with Gasteiger partial charge in [-0.1, -0.05) is 0 Å². The van der Waals surface area contributed by atoms with Crippen LogP contribution in [0, 0.1) is 11.3 Å². The van der Waals surface area contributed by atoms with Crippen LogP contribution < -0.4 is 0 Å². The van der Waals surface area contributed by atoms with E-state index < -0.39 is 0 Å². The number of benzene rings is 1. The lowest BCUT2D eigenvalue weighted by molar-refractivity contribution is 0.895. The Kier molecular flexibility index (Phi) is 2.43. The fraction of sp³-hybridized carbons (Fsp3) is 0. The molecule has 0 N–H and O–H groups in total.